The Morgan fingerprint density at radius 2 is 1.96 bits per heavy atom. The molecule has 2 aromatic rings. The molecule has 1 amide bonds. The quantitative estimate of drug-likeness (QED) is 0.728. The first-order valence-corrected chi connectivity index (χ1v) is 9.57. The van der Waals surface area contributed by atoms with E-state index in [9.17, 15) is 4.79 Å². The van der Waals surface area contributed by atoms with Crippen LogP contribution < -0.4 is 14.8 Å². The average molecular weight is 368 g/mol. The van der Waals surface area contributed by atoms with Gasteiger partial charge in [-0.15, -0.1) is 0 Å². The Morgan fingerprint density at radius 3 is 2.78 bits per heavy atom. The third-order valence-electron chi connectivity index (χ3n) is 4.63. The van der Waals surface area contributed by atoms with Crippen molar-refractivity contribution in [2.45, 2.75) is 26.8 Å². The van der Waals surface area contributed by atoms with Gasteiger partial charge in [-0.25, -0.2) is 0 Å². The van der Waals surface area contributed by atoms with Crippen LogP contribution in [0.15, 0.2) is 42.5 Å². The number of aryl methyl sites for hydroxylation is 1. The first-order valence-electron chi connectivity index (χ1n) is 9.57. The molecule has 0 bridgehead atoms. The van der Waals surface area contributed by atoms with Gasteiger partial charge in [0.2, 0.25) is 5.91 Å². The lowest BCUT2D eigenvalue weighted by molar-refractivity contribution is -0.122. The minimum absolute atomic E-state index is 0.0345. The van der Waals surface area contributed by atoms with Crippen LogP contribution in [0.4, 0.5) is 0 Å². The number of hydrogen-bond donors (Lipinski definition) is 1. The highest BCUT2D eigenvalue weighted by atomic mass is 16.5. The highest BCUT2D eigenvalue weighted by Crippen LogP contribution is 2.23. The maximum absolute atomic E-state index is 12.2. The van der Waals surface area contributed by atoms with E-state index in [-0.39, 0.29) is 5.91 Å². The zero-order valence-corrected chi connectivity index (χ0v) is 16.2. The first kappa shape index (κ1) is 19.2. The minimum atomic E-state index is 0.0345. The Morgan fingerprint density at radius 1 is 1.11 bits per heavy atom. The lowest BCUT2D eigenvalue weighted by Gasteiger charge is -2.28. The molecular weight excluding hydrogens is 340 g/mol. The van der Waals surface area contributed by atoms with Crippen LogP contribution in [0.2, 0.25) is 0 Å². The van der Waals surface area contributed by atoms with Crippen molar-refractivity contribution in [2.24, 2.45) is 0 Å². The summed E-state index contributed by atoms with van der Waals surface area (Å²) in [5.74, 6) is 1.77. The van der Waals surface area contributed by atoms with Crippen LogP contribution in [0.1, 0.15) is 23.6 Å². The third-order valence-corrected chi connectivity index (χ3v) is 4.63. The Bertz CT molecular complexity index is 776. The van der Waals surface area contributed by atoms with E-state index < -0.39 is 0 Å². The summed E-state index contributed by atoms with van der Waals surface area (Å²) in [5, 5.41) is 2.94. The number of rotatable bonds is 8. The fraction of sp³-hybridized carbons (Fsp3) is 0.409. The molecule has 1 aliphatic heterocycles. The largest absolute Gasteiger partial charge is 0.494 e. The van der Waals surface area contributed by atoms with Gasteiger partial charge in [0.25, 0.3) is 0 Å². The zero-order chi connectivity index (χ0) is 19.1. The van der Waals surface area contributed by atoms with Gasteiger partial charge >= 0.3 is 0 Å². The summed E-state index contributed by atoms with van der Waals surface area (Å²) in [7, 11) is 0. The highest BCUT2D eigenvalue weighted by molar-refractivity contribution is 5.78. The molecule has 27 heavy (non-hydrogen) atoms. The molecule has 144 valence electrons. The molecule has 0 unspecified atom stereocenters. The number of amides is 1. The molecule has 0 atom stereocenters. The van der Waals surface area contributed by atoms with Gasteiger partial charge in [0.15, 0.2) is 0 Å². The second-order valence-electron chi connectivity index (χ2n) is 6.84. The summed E-state index contributed by atoms with van der Waals surface area (Å²) in [4.78, 5) is 14.4. The second kappa shape index (κ2) is 9.42. The zero-order valence-electron chi connectivity index (χ0n) is 16.2. The van der Waals surface area contributed by atoms with E-state index in [0.29, 0.717) is 26.3 Å². The molecule has 3 rings (SSSR count). The molecule has 1 heterocycles. The molecule has 0 fully saturated rings. The number of carbonyl (C=O) groups excluding carboxylic acids is 1. The number of fused-ring (bicyclic) bond motifs is 1. The standard InChI is InChI=1S/C22H28N2O3/c1-3-26-21-8-7-18-9-11-24(15-19(18)14-21)16-22(25)23-10-12-27-20-6-4-5-17(2)13-20/h4-8,13-14H,3,9-12,15-16H2,1-2H3,(H,23,25). The molecule has 0 aliphatic carbocycles. The Labute approximate surface area is 161 Å². The lowest BCUT2D eigenvalue weighted by Crippen LogP contribution is -2.40. The molecule has 5 nitrogen and oxygen atoms in total. The lowest BCUT2D eigenvalue weighted by atomic mass is 9.99. The van der Waals surface area contributed by atoms with Gasteiger partial charge in [0.1, 0.15) is 18.1 Å². The number of benzene rings is 2. The minimum Gasteiger partial charge on any atom is -0.494 e. The average Bonchev–Trinajstić information content (AvgIpc) is 2.65. The maximum Gasteiger partial charge on any atom is 0.234 e. The summed E-state index contributed by atoms with van der Waals surface area (Å²) in [5.41, 5.74) is 3.76. The van der Waals surface area contributed by atoms with E-state index >= 15 is 0 Å². The number of hydrogen-bond acceptors (Lipinski definition) is 4. The summed E-state index contributed by atoms with van der Waals surface area (Å²) in [6.45, 7) is 7.73. The van der Waals surface area contributed by atoms with Gasteiger partial charge in [-0.1, -0.05) is 18.2 Å². The van der Waals surface area contributed by atoms with Crippen LogP contribution in [0.3, 0.4) is 0 Å². The van der Waals surface area contributed by atoms with E-state index in [4.69, 9.17) is 9.47 Å². The molecule has 1 aliphatic rings. The van der Waals surface area contributed by atoms with Crippen molar-refractivity contribution in [1.82, 2.24) is 10.2 Å². The third kappa shape index (κ3) is 5.73. The molecular formula is C22H28N2O3. The van der Waals surface area contributed by atoms with Crippen LogP contribution in [-0.4, -0.2) is 43.7 Å². The Hall–Kier alpha value is -2.53. The van der Waals surface area contributed by atoms with Gasteiger partial charge in [-0.2, -0.15) is 0 Å². The topological polar surface area (TPSA) is 50.8 Å². The summed E-state index contributed by atoms with van der Waals surface area (Å²) in [6, 6.07) is 14.2. The molecule has 0 radical (unpaired) electrons. The highest BCUT2D eigenvalue weighted by Gasteiger charge is 2.18. The van der Waals surface area contributed by atoms with Crippen LogP contribution in [0.25, 0.3) is 0 Å². The Kier molecular flexibility index (Phi) is 6.71. The van der Waals surface area contributed by atoms with Gasteiger partial charge in [-0.05, 0) is 61.2 Å². The van der Waals surface area contributed by atoms with Gasteiger partial charge in [0.05, 0.1) is 19.7 Å². The number of nitrogens with zero attached hydrogens (tertiary/aromatic N) is 1. The van der Waals surface area contributed by atoms with Crippen molar-refractivity contribution in [3.8, 4) is 11.5 Å². The summed E-state index contributed by atoms with van der Waals surface area (Å²) in [6.07, 6.45) is 0.964. The normalized spacial score (nSPS) is 13.7. The van der Waals surface area contributed by atoms with E-state index in [0.717, 1.165) is 36.6 Å². The Balaban J connectivity index is 1.41. The van der Waals surface area contributed by atoms with Crippen molar-refractivity contribution in [2.75, 3.05) is 32.8 Å². The van der Waals surface area contributed by atoms with Crippen molar-refractivity contribution >= 4 is 5.91 Å². The van der Waals surface area contributed by atoms with Crippen LogP contribution >= 0.6 is 0 Å². The van der Waals surface area contributed by atoms with E-state index in [2.05, 4.69) is 22.3 Å². The van der Waals surface area contributed by atoms with Crippen LogP contribution in [-0.2, 0) is 17.8 Å². The number of carbonyl (C=O) groups is 1. The van der Waals surface area contributed by atoms with E-state index in [1.807, 2.05) is 44.2 Å². The molecule has 0 saturated heterocycles. The van der Waals surface area contributed by atoms with E-state index in [1.165, 1.54) is 11.1 Å². The van der Waals surface area contributed by atoms with Crippen LogP contribution in [0, 0.1) is 6.92 Å². The van der Waals surface area contributed by atoms with Gasteiger partial charge in [0, 0.05) is 13.1 Å². The fourth-order valence-electron chi connectivity index (χ4n) is 3.31. The molecule has 0 aromatic heterocycles. The van der Waals surface area contributed by atoms with E-state index in [1.54, 1.807) is 0 Å². The van der Waals surface area contributed by atoms with Crippen molar-refractivity contribution in [3.63, 3.8) is 0 Å². The predicted octanol–water partition coefficient (Wildman–Crippen LogP) is 2.95. The smallest absolute Gasteiger partial charge is 0.234 e. The number of nitrogens with one attached hydrogen (secondary N) is 1. The van der Waals surface area contributed by atoms with Crippen molar-refractivity contribution in [3.05, 3.63) is 59.2 Å². The molecule has 0 spiro atoms. The van der Waals surface area contributed by atoms with Gasteiger partial charge < -0.3 is 14.8 Å². The first-order chi connectivity index (χ1) is 13.1. The maximum atomic E-state index is 12.2. The fourth-order valence-corrected chi connectivity index (χ4v) is 3.31. The summed E-state index contributed by atoms with van der Waals surface area (Å²) < 4.78 is 11.3. The summed E-state index contributed by atoms with van der Waals surface area (Å²) >= 11 is 0. The molecule has 5 heteroatoms. The second-order valence-corrected chi connectivity index (χ2v) is 6.84. The van der Waals surface area contributed by atoms with Gasteiger partial charge in [-0.3, -0.25) is 9.69 Å². The SMILES string of the molecule is CCOc1ccc2c(c1)CN(CC(=O)NCCOc1cccc(C)c1)CC2. The molecule has 0 saturated carbocycles. The molecule has 2 aromatic carbocycles. The van der Waals surface area contributed by atoms with Crippen molar-refractivity contribution < 1.29 is 14.3 Å². The predicted molar refractivity (Wildman–Crippen MR) is 106 cm³/mol. The molecule has 1 N–H and O–H groups in total. The monoisotopic (exact) mass is 368 g/mol. The van der Waals surface area contributed by atoms with Crippen molar-refractivity contribution in [1.29, 1.82) is 0 Å². The van der Waals surface area contributed by atoms with Crippen LogP contribution in [0.5, 0.6) is 11.5 Å². The number of ether oxygens (including phenoxy) is 2.